The molecule has 0 amide bonds. The Morgan fingerprint density at radius 2 is 2.11 bits per heavy atom. The van der Waals surface area contributed by atoms with E-state index in [0.717, 1.165) is 25.2 Å². The Labute approximate surface area is 108 Å². The van der Waals surface area contributed by atoms with Crippen LogP contribution in [0.3, 0.4) is 0 Å². The second-order valence-electron chi connectivity index (χ2n) is 4.46. The highest BCUT2D eigenvalue weighted by Gasteiger charge is 2.05. The summed E-state index contributed by atoms with van der Waals surface area (Å²) in [5, 5.41) is 11.6. The van der Waals surface area contributed by atoms with Crippen LogP contribution in [-0.4, -0.2) is 55.2 Å². The molecule has 0 aromatic carbocycles. The van der Waals surface area contributed by atoms with Crippen molar-refractivity contribution >= 4 is 11.5 Å². The predicted molar refractivity (Wildman–Crippen MR) is 73.2 cm³/mol. The molecule has 0 spiro atoms. The monoisotopic (exact) mass is 251 g/mol. The molecule has 0 aliphatic carbocycles. The van der Waals surface area contributed by atoms with Crippen molar-refractivity contribution in [2.45, 2.75) is 6.42 Å². The van der Waals surface area contributed by atoms with Crippen molar-refractivity contribution in [3.63, 3.8) is 0 Å². The van der Waals surface area contributed by atoms with Crippen molar-refractivity contribution in [2.24, 2.45) is 10.9 Å². The van der Waals surface area contributed by atoms with Crippen LogP contribution < -0.4 is 10.6 Å². The molecule has 6 heteroatoms. The highest BCUT2D eigenvalue weighted by Crippen LogP contribution is 2.13. The van der Waals surface area contributed by atoms with Crippen LogP contribution in [0.25, 0.3) is 0 Å². The van der Waals surface area contributed by atoms with Gasteiger partial charge in [-0.3, -0.25) is 4.98 Å². The number of rotatable bonds is 6. The zero-order chi connectivity index (χ0) is 13.5. The minimum absolute atomic E-state index is 0.0264. The lowest BCUT2D eigenvalue weighted by molar-refractivity contribution is 0.318. The van der Waals surface area contributed by atoms with E-state index in [2.05, 4.69) is 34.0 Å². The molecule has 100 valence electrons. The molecule has 0 atom stereocenters. The van der Waals surface area contributed by atoms with Crippen LogP contribution in [-0.2, 0) is 0 Å². The number of nitrogens with two attached hydrogens (primary N) is 1. The van der Waals surface area contributed by atoms with E-state index in [1.807, 2.05) is 19.2 Å². The van der Waals surface area contributed by atoms with Gasteiger partial charge < -0.3 is 20.7 Å². The lowest BCUT2D eigenvalue weighted by Crippen LogP contribution is -2.24. The minimum atomic E-state index is 0.0264. The maximum absolute atomic E-state index is 8.62. The molecular weight excluding hydrogens is 230 g/mol. The van der Waals surface area contributed by atoms with Crippen LogP contribution in [0.1, 0.15) is 12.1 Å². The van der Waals surface area contributed by atoms with E-state index in [-0.39, 0.29) is 5.84 Å². The van der Waals surface area contributed by atoms with E-state index in [1.165, 1.54) is 0 Å². The number of hydrogen-bond acceptors (Lipinski definition) is 5. The van der Waals surface area contributed by atoms with Crippen LogP contribution in [0.15, 0.2) is 23.5 Å². The number of anilines is 1. The summed E-state index contributed by atoms with van der Waals surface area (Å²) in [5.41, 5.74) is 7.00. The quantitative estimate of drug-likeness (QED) is 0.334. The molecule has 0 unspecified atom stereocenters. The summed E-state index contributed by atoms with van der Waals surface area (Å²) in [7, 11) is 6.13. The Balaban J connectivity index is 2.65. The van der Waals surface area contributed by atoms with Gasteiger partial charge in [-0.05, 0) is 39.2 Å². The third-order valence-corrected chi connectivity index (χ3v) is 2.65. The summed E-state index contributed by atoms with van der Waals surface area (Å²) in [6.45, 7) is 1.99. The fourth-order valence-electron chi connectivity index (χ4n) is 1.60. The van der Waals surface area contributed by atoms with Gasteiger partial charge in [-0.25, -0.2) is 0 Å². The van der Waals surface area contributed by atoms with Crippen molar-refractivity contribution in [3.05, 3.63) is 24.0 Å². The average Bonchev–Trinajstić information content (AvgIpc) is 2.37. The molecule has 0 saturated carbocycles. The number of hydrogen-bond donors (Lipinski definition) is 2. The summed E-state index contributed by atoms with van der Waals surface area (Å²) >= 11 is 0. The van der Waals surface area contributed by atoms with Gasteiger partial charge in [0.15, 0.2) is 5.84 Å². The largest absolute Gasteiger partial charge is 0.409 e. The van der Waals surface area contributed by atoms with Gasteiger partial charge in [-0.15, -0.1) is 0 Å². The van der Waals surface area contributed by atoms with Crippen LogP contribution in [0, 0.1) is 0 Å². The van der Waals surface area contributed by atoms with Gasteiger partial charge in [0.2, 0.25) is 0 Å². The molecule has 0 bridgehead atoms. The van der Waals surface area contributed by atoms with Crippen LogP contribution in [0.4, 0.5) is 5.69 Å². The molecule has 0 fully saturated rings. The molecule has 1 heterocycles. The van der Waals surface area contributed by atoms with Gasteiger partial charge in [-0.1, -0.05) is 5.16 Å². The summed E-state index contributed by atoms with van der Waals surface area (Å²) in [6, 6.07) is 3.72. The zero-order valence-corrected chi connectivity index (χ0v) is 11.2. The Morgan fingerprint density at radius 3 is 2.72 bits per heavy atom. The molecule has 0 aliphatic rings. The van der Waals surface area contributed by atoms with Gasteiger partial charge in [0.1, 0.15) is 5.69 Å². The van der Waals surface area contributed by atoms with E-state index < -0.39 is 0 Å². The smallest absolute Gasteiger partial charge is 0.188 e. The van der Waals surface area contributed by atoms with Gasteiger partial charge in [-0.2, -0.15) is 0 Å². The first-order valence-corrected chi connectivity index (χ1v) is 5.84. The summed E-state index contributed by atoms with van der Waals surface area (Å²) in [6.07, 6.45) is 2.73. The normalized spacial score (nSPS) is 11.9. The first-order chi connectivity index (χ1) is 8.54. The maximum Gasteiger partial charge on any atom is 0.188 e. The highest BCUT2D eigenvalue weighted by molar-refractivity contribution is 5.95. The van der Waals surface area contributed by atoms with Crippen molar-refractivity contribution in [1.29, 1.82) is 0 Å². The molecule has 18 heavy (non-hydrogen) atoms. The average molecular weight is 251 g/mol. The highest BCUT2D eigenvalue weighted by atomic mass is 16.4. The maximum atomic E-state index is 8.62. The Hall–Kier alpha value is -1.82. The number of pyridine rings is 1. The molecule has 0 aliphatic heterocycles. The van der Waals surface area contributed by atoms with Gasteiger partial charge in [0.25, 0.3) is 0 Å². The van der Waals surface area contributed by atoms with Gasteiger partial charge >= 0.3 is 0 Å². The Kier molecular flexibility index (Phi) is 5.38. The first-order valence-electron chi connectivity index (χ1n) is 5.84. The third-order valence-electron chi connectivity index (χ3n) is 2.65. The zero-order valence-electron chi connectivity index (χ0n) is 11.2. The van der Waals surface area contributed by atoms with E-state index in [9.17, 15) is 0 Å². The molecule has 3 N–H and O–H groups in total. The predicted octanol–water partition coefficient (Wildman–Crippen LogP) is 0.564. The van der Waals surface area contributed by atoms with Gasteiger partial charge in [0, 0.05) is 25.5 Å². The number of nitrogens with zero attached hydrogens (tertiary/aromatic N) is 4. The van der Waals surface area contributed by atoms with E-state index >= 15 is 0 Å². The van der Waals surface area contributed by atoms with Crippen molar-refractivity contribution in [3.8, 4) is 0 Å². The van der Waals surface area contributed by atoms with Crippen molar-refractivity contribution in [2.75, 3.05) is 39.1 Å². The van der Waals surface area contributed by atoms with Crippen LogP contribution in [0.5, 0.6) is 0 Å². The van der Waals surface area contributed by atoms with Crippen LogP contribution in [0.2, 0.25) is 0 Å². The first kappa shape index (κ1) is 14.2. The number of oxime groups is 1. The van der Waals surface area contributed by atoms with Gasteiger partial charge in [0.05, 0.1) is 0 Å². The van der Waals surface area contributed by atoms with Crippen molar-refractivity contribution in [1.82, 2.24) is 9.88 Å². The standard InChI is InChI=1S/C12H21N5O/c1-16(2)7-4-8-17(3)10-5-6-14-11(9-10)12(13)15-18/h5-6,9,18H,4,7-8H2,1-3H3,(H2,13,15). The topological polar surface area (TPSA) is 78.0 Å². The lowest BCUT2D eigenvalue weighted by Gasteiger charge is -2.20. The third kappa shape index (κ3) is 4.21. The second-order valence-corrected chi connectivity index (χ2v) is 4.46. The fraction of sp³-hybridized carbons (Fsp3) is 0.500. The molecule has 1 aromatic heterocycles. The van der Waals surface area contributed by atoms with E-state index in [0.29, 0.717) is 5.69 Å². The molecule has 6 nitrogen and oxygen atoms in total. The summed E-state index contributed by atoms with van der Waals surface area (Å²) in [4.78, 5) is 8.33. The molecule has 1 aromatic rings. The Morgan fingerprint density at radius 1 is 1.39 bits per heavy atom. The minimum Gasteiger partial charge on any atom is -0.409 e. The van der Waals surface area contributed by atoms with E-state index in [4.69, 9.17) is 10.9 Å². The molecule has 1 rings (SSSR count). The summed E-state index contributed by atoms with van der Waals surface area (Å²) < 4.78 is 0. The second kappa shape index (κ2) is 6.80. The summed E-state index contributed by atoms with van der Waals surface area (Å²) in [5.74, 6) is 0.0264. The fourth-order valence-corrected chi connectivity index (χ4v) is 1.60. The number of aromatic nitrogens is 1. The lowest BCUT2D eigenvalue weighted by atomic mass is 10.2. The SMILES string of the molecule is CN(C)CCCN(C)c1ccnc(C(N)=NO)c1. The van der Waals surface area contributed by atoms with E-state index in [1.54, 1.807) is 6.20 Å². The Bertz CT molecular complexity index is 405. The van der Waals surface area contributed by atoms with Crippen molar-refractivity contribution < 1.29 is 5.21 Å². The van der Waals surface area contributed by atoms with Crippen LogP contribution >= 0.6 is 0 Å². The molecule has 0 radical (unpaired) electrons. The number of amidine groups is 1. The molecule has 0 saturated heterocycles. The molecular formula is C12H21N5O.